The van der Waals surface area contributed by atoms with Crippen LogP contribution in [-0.4, -0.2) is 15.6 Å². The molecule has 0 unspecified atom stereocenters. The van der Waals surface area contributed by atoms with E-state index in [9.17, 15) is 4.79 Å². The second kappa shape index (κ2) is 5.48. The molecule has 0 radical (unpaired) electrons. The van der Waals surface area contributed by atoms with E-state index < -0.39 is 0 Å². The van der Waals surface area contributed by atoms with Gasteiger partial charge in [0.05, 0.1) is 11.3 Å². The Morgan fingerprint density at radius 1 is 1.41 bits per heavy atom. The fourth-order valence-electron chi connectivity index (χ4n) is 2.12. The van der Waals surface area contributed by atoms with E-state index in [0.29, 0.717) is 0 Å². The summed E-state index contributed by atoms with van der Waals surface area (Å²) in [5.41, 5.74) is 1.33. The Hall–Kier alpha value is -1.12. The van der Waals surface area contributed by atoms with Crippen LogP contribution >= 0.6 is 0 Å². The molecule has 96 valence electrons. The van der Waals surface area contributed by atoms with Gasteiger partial charge in [-0.25, -0.2) is 0 Å². The summed E-state index contributed by atoms with van der Waals surface area (Å²) in [7, 11) is 1.86. The van der Waals surface area contributed by atoms with Crippen molar-refractivity contribution in [3.8, 4) is 0 Å². The molecular weight excluding hydrogens is 212 g/mol. The first-order valence-electron chi connectivity index (χ1n) is 6.43. The largest absolute Gasteiger partial charge is 0.293 e. The maximum Gasteiger partial charge on any atom is 0.171 e. The molecule has 0 amide bonds. The van der Waals surface area contributed by atoms with Crippen LogP contribution in [0.1, 0.15) is 62.5 Å². The van der Waals surface area contributed by atoms with Crippen molar-refractivity contribution < 1.29 is 4.79 Å². The molecule has 0 fully saturated rings. The van der Waals surface area contributed by atoms with Crippen molar-refractivity contribution in [1.82, 2.24) is 9.78 Å². The topological polar surface area (TPSA) is 34.9 Å². The van der Waals surface area contributed by atoms with E-state index in [2.05, 4.69) is 12.0 Å². The Labute approximate surface area is 104 Å². The minimum atomic E-state index is -0.275. The Morgan fingerprint density at radius 3 is 2.53 bits per heavy atom. The summed E-state index contributed by atoms with van der Waals surface area (Å²) >= 11 is 0. The molecule has 0 saturated carbocycles. The van der Waals surface area contributed by atoms with Crippen LogP contribution in [0, 0.1) is 12.3 Å². The molecule has 1 aromatic rings. The van der Waals surface area contributed by atoms with E-state index in [1.807, 2.05) is 34.0 Å². The van der Waals surface area contributed by atoms with Crippen molar-refractivity contribution in [1.29, 1.82) is 0 Å². The van der Waals surface area contributed by atoms with Gasteiger partial charge in [-0.2, -0.15) is 5.10 Å². The number of rotatable bonds is 6. The number of aromatic nitrogens is 2. The lowest BCUT2D eigenvalue weighted by Crippen LogP contribution is -2.24. The van der Waals surface area contributed by atoms with Gasteiger partial charge in [0.15, 0.2) is 5.78 Å². The zero-order valence-electron chi connectivity index (χ0n) is 11.7. The number of hydrogen-bond donors (Lipinski definition) is 0. The van der Waals surface area contributed by atoms with Gasteiger partial charge in [-0.3, -0.25) is 9.48 Å². The molecular formula is C14H24N2O. The molecule has 0 aliphatic rings. The number of aryl methyl sites for hydroxylation is 2. The van der Waals surface area contributed by atoms with Gasteiger partial charge >= 0.3 is 0 Å². The third-order valence-corrected chi connectivity index (χ3v) is 3.28. The number of carbonyl (C=O) groups is 1. The van der Waals surface area contributed by atoms with Gasteiger partial charge in [-0.05, 0) is 13.3 Å². The molecule has 1 rings (SSSR count). The predicted octanol–water partition coefficient (Wildman–Crippen LogP) is 3.52. The number of hydrogen-bond acceptors (Lipinski definition) is 2. The van der Waals surface area contributed by atoms with E-state index in [1.54, 1.807) is 4.68 Å². The van der Waals surface area contributed by atoms with Crippen LogP contribution in [0.25, 0.3) is 0 Å². The summed E-state index contributed by atoms with van der Waals surface area (Å²) in [6, 6.07) is 0. The summed E-state index contributed by atoms with van der Waals surface area (Å²) in [6.07, 6.45) is 6.29. The SMILES string of the molecule is CCCCCC(C)(C)C(=O)c1cn(C)nc1C. The smallest absolute Gasteiger partial charge is 0.171 e. The third kappa shape index (κ3) is 3.42. The maximum absolute atomic E-state index is 12.4. The third-order valence-electron chi connectivity index (χ3n) is 3.28. The quantitative estimate of drug-likeness (QED) is 0.559. The molecule has 0 aliphatic heterocycles. The van der Waals surface area contributed by atoms with E-state index in [0.717, 1.165) is 24.1 Å². The Bertz CT molecular complexity index is 391. The maximum atomic E-state index is 12.4. The zero-order chi connectivity index (χ0) is 13.1. The fraction of sp³-hybridized carbons (Fsp3) is 0.714. The van der Waals surface area contributed by atoms with Crippen LogP contribution < -0.4 is 0 Å². The van der Waals surface area contributed by atoms with Gasteiger partial charge in [0.2, 0.25) is 0 Å². The molecule has 0 saturated heterocycles. The second-order valence-electron chi connectivity index (χ2n) is 5.47. The van der Waals surface area contributed by atoms with E-state index in [1.165, 1.54) is 12.8 Å². The highest BCUT2D eigenvalue weighted by molar-refractivity contribution is 6.00. The highest BCUT2D eigenvalue weighted by Crippen LogP contribution is 2.29. The number of unbranched alkanes of at least 4 members (excludes halogenated alkanes) is 2. The van der Waals surface area contributed by atoms with Crippen molar-refractivity contribution in [3.05, 3.63) is 17.5 Å². The van der Waals surface area contributed by atoms with Crippen molar-refractivity contribution >= 4 is 5.78 Å². The van der Waals surface area contributed by atoms with Gasteiger partial charge in [0.1, 0.15) is 0 Å². The summed E-state index contributed by atoms with van der Waals surface area (Å²) in [6.45, 7) is 8.16. The van der Waals surface area contributed by atoms with Crippen LogP contribution in [-0.2, 0) is 7.05 Å². The molecule has 3 heteroatoms. The summed E-state index contributed by atoms with van der Waals surface area (Å²) < 4.78 is 1.71. The molecule has 0 atom stereocenters. The average Bonchev–Trinajstić information content (AvgIpc) is 2.57. The lowest BCUT2D eigenvalue weighted by Gasteiger charge is -2.22. The normalized spacial score (nSPS) is 11.8. The standard InChI is InChI=1S/C14H24N2O/c1-6-7-8-9-14(3,4)13(17)12-10-16(5)15-11(12)2/h10H,6-9H2,1-5H3. The van der Waals surface area contributed by atoms with Crippen LogP contribution in [0.15, 0.2) is 6.20 Å². The van der Waals surface area contributed by atoms with E-state index >= 15 is 0 Å². The number of nitrogens with zero attached hydrogens (tertiary/aromatic N) is 2. The van der Waals surface area contributed by atoms with Crippen LogP contribution in [0.2, 0.25) is 0 Å². The lowest BCUT2D eigenvalue weighted by atomic mass is 9.80. The monoisotopic (exact) mass is 236 g/mol. The van der Waals surface area contributed by atoms with Crippen LogP contribution in [0.5, 0.6) is 0 Å². The first kappa shape index (κ1) is 13.9. The highest BCUT2D eigenvalue weighted by Gasteiger charge is 2.30. The second-order valence-corrected chi connectivity index (χ2v) is 5.47. The molecule has 17 heavy (non-hydrogen) atoms. The van der Waals surface area contributed by atoms with Gasteiger partial charge in [-0.1, -0.05) is 40.0 Å². The minimum Gasteiger partial charge on any atom is -0.293 e. The number of ketones is 1. The molecule has 1 aromatic heterocycles. The zero-order valence-corrected chi connectivity index (χ0v) is 11.7. The molecule has 0 spiro atoms. The van der Waals surface area contributed by atoms with E-state index in [-0.39, 0.29) is 11.2 Å². The highest BCUT2D eigenvalue weighted by atomic mass is 16.1. The first-order valence-corrected chi connectivity index (χ1v) is 6.43. The van der Waals surface area contributed by atoms with Crippen molar-refractivity contribution in [2.24, 2.45) is 12.5 Å². The average molecular weight is 236 g/mol. The summed E-state index contributed by atoms with van der Waals surface area (Å²) in [4.78, 5) is 12.4. The number of Topliss-reactive ketones (excluding diaryl/α,β-unsaturated/α-hetero) is 1. The summed E-state index contributed by atoms with van der Waals surface area (Å²) in [5, 5.41) is 4.24. The van der Waals surface area contributed by atoms with Crippen LogP contribution in [0.4, 0.5) is 0 Å². The molecule has 0 aliphatic carbocycles. The van der Waals surface area contributed by atoms with E-state index in [4.69, 9.17) is 0 Å². The minimum absolute atomic E-state index is 0.221. The molecule has 0 bridgehead atoms. The summed E-state index contributed by atoms with van der Waals surface area (Å²) in [5.74, 6) is 0.221. The van der Waals surface area contributed by atoms with Crippen molar-refractivity contribution in [2.45, 2.75) is 53.4 Å². The Morgan fingerprint density at radius 2 is 2.06 bits per heavy atom. The lowest BCUT2D eigenvalue weighted by molar-refractivity contribution is 0.0822. The van der Waals surface area contributed by atoms with Gasteiger partial charge in [0, 0.05) is 18.7 Å². The Kier molecular flexibility index (Phi) is 4.49. The van der Waals surface area contributed by atoms with Crippen LogP contribution in [0.3, 0.4) is 0 Å². The van der Waals surface area contributed by atoms with Gasteiger partial charge in [-0.15, -0.1) is 0 Å². The molecule has 1 heterocycles. The van der Waals surface area contributed by atoms with Crippen molar-refractivity contribution in [3.63, 3.8) is 0 Å². The first-order chi connectivity index (χ1) is 7.88. The molecule has 0 aromatic carbocycles. The molecule has 0 N–H and O–H groups in total. The van der Waals surface area contributed by atoms with Gasteiger partial charge in [0.25, 0.3) is 0 Å². The van der Waals surface area contributed by atoms with Gasteiger partial charge < -0.3 is 0 Å². The Balaban J connectivity index is 2.77. The number of carbonyl (C=O) groups excluding carboxylic acids is 1. The van der Waals surface area contributed by atoms with Crippen molar-refractivity contribution in [2.75, 3.05) is 0 Å². The molecule has 3 nitrogen and oxygen atoms in total. The predicted molar refractivity (Wildman–Crippen MR) is 70.2 cm³/mol. The fourth-order valence-corrected chi connectivity index (χ4v) is 2.12.